The lowest BCUT2D eigenvalue weighted by atomic mass is 10.1. The highest BCUT2D eigenvalue weighted by molar-refractivity contribution is 6.32. The molecule has 0 aromatic heterocycles. The lowest BCUT2D eigenvalue weighted by Crippen LogP contribution is -2.23. The highest BCUT2D eigenvalue weighted by atomic mass is 35.5. The first-order valence-electron chi connectivity index (χ1n) is 8.36. The zero-order valence-corrected chi connectivity index (χ0v) is 16.2. The van der Waals surface area contributed by atoms with Crippen molar-refractivity contribution >= 4 is 17.5 Å². The molecule has 1 N–H and O–H groups in total. The molecule has 0 atom stereocenters. The van der Waals surface area contributed by atoms with E-state index in [9.17, 15) is 4.79 Å². The second-order valence-electron chi connectivity index (χ2n) is 6.23. The van der Waals surface area contributed by atoms with Crippen LogP contribution in [0.4, 0.5) is 0 Å². The zero-order valence-electron chi connectivity index (χ0n) is 15.5. The summed E-state index contributed by atoms with van der Waals surface area (Å²) in [6.07, 6.45) is 0. The van der Waals surface area contributed by atoms with Gasteiger partial charge in [-0.25, -0.2) is 0 Å². The van der Waals surface area contributed by atoms with E-state index in [-0.39, 0.29) is 5.91 Å². The second-order valence-corrected chi connectivity index (χ2v) is 6.63. The van der Waals surface area contributed by atoms with Gasteiger partial charge in [-0.1, -0.05) is 37.6 Å². The van der Waals surface area contributed by atoms with Gasteiger partial charge < -0.3 is 19.5 Å². The van der Waals surface area contributed by atoms with E-state index in [2.05, 4.69) is 5.32 Å². The van der Waals surface area contributed by atoms with E-state index in [0.29, 0.717) is 41.2 Å². The molecule has 26 heavy (non-hydrogen) atoms. The maximum Gasteiger partial charge on any atom is 0.251 e. The van der Waals surface area contributed by atoms with Crippen molar-refractivity contribution in [2.75, 3.05) is 20.8 Å². The Morgan fingerprint density at radius 2 is 1.81 bits per heavy atom. The molecule has 0 unspecified atom stereocenters. The third-order valence-corrected chi connectivity index (χ3v) is 3.95. The second kappa shape index (κ2) is 9.34. The first-order valence-corrected chi connectivity index (χ1v) is 8.73. The molecule has 0 aliphatic carbocycles. The molecule has 0 aliphatic rings. The van der Waals surface area contributed by atoms with Gasteiger partial charge in [0, 0.05) is 12.1 Å². The van der Waals surface area contributed by atoms with Crippen molar-refractivity contribution in [3.8, 4) is 17.2 Å². The van der Waals surface area contributed by atoms with Crippen LogP contribution in [0.2, 0.25) is 5.02 Å². The summed E-state index contributed by atoms with van der Waals surface area (Å²) in [6.45, 7) is 5.00. The average Bonchev–Trinajstić information content (AvgIpc) is 2.64. The predicted molar refractivity (Wildman–Crippen MR) is 103 cm³/mol. The number of rotatable bonds is 8. The standard InChI is InChI=1S/C20H24ClNO4/c1-13(2)12-26-19-17(21)9-15(10-18(19)25-4)20(23)22-11-14-5-7-16(24-3)8-6-14/h5-10,13H,11-12H2,1-4H3,(H,22,23). The Morgan fingerprint density at radius 1 is 1.12 bits per heavy atom. The van der Waals surface area contributed by atoms with Crippen molar-refractivity contribution in [3.05, 3.63) is 52.5 Å². The molecule has 2 aromatic carbocycles. The van der Waals surface area contributed by atoms with E-state index in [0.717, 1.165) is 11.3 Å². The van der Waals surface area contributed by atoms with Crippen molar-refractivity contribution < 1.29 is 19.0 Å². The first kappa shape index (κ1) is 19.9. The van der Waals surface area contributed by atoms with Crippen LogP contribution in [0.1, 0.15) is 29.8 Å². The maximum absolute atomic E-state index is 12.4. The van der Waals surface area contributed by atoms with Crippen LogP contribution in [0.15, 0.2) is 36.4 Å². The topological polar surface area (TPSA) is 56.8 Å². The maximum atomic E-state index is 12.4. The summed E-state index contributed by atoms with van der Waals surface area (Å²) in [4.78, 5) is 12.4. The van der Waals surface area contributed by atoms with Crippen LogP contribution in [0.3, 0.4) is 0 Å². The lowest BCUT2D eigenvalue weighted by Gasteiger charge is -2.15. The SMILES string of the molecule is COc1ccc(CNC(=O)c2cc(Cl)c(OCC(C)C)c(OC)c2)cc1. The normalized spacial score (nSPS) is 10.5. The molecule has 0 saturated heterocycles. The molecule has 140 valence electrons. The third kappa shape index (κ3) is 5.30. The van der Waals surface area contributed by atoms with Crippen LogP contribution in [0.5, 0.6) is 17.2 Å². The molecule has 0 saturated carbocycles. The monoisotopic (exact) mass is 377 g/mol. The number of carbonyl (C=O) groups is 1. The summed E-state index contributed by atoms with van der Waals surface area (Å²) in [5, 5.41) is 3.21. The molecule has 2 rings (SSSR count). The molecule has 0 aliphatic heterocycles. The fraction of sp³-hybridized carbons (Fsp3) is 0.350. The van der Waals surface area contributed by atoms with Gasteiger partial charge in [0.2, 0.25) is 0 Å². The summed E-state index contributed by atoms with van der Waals surface area (Å²) >= 11 is 6.29. The Labute approximate surface area is 159 Å². The minimum absolute atomic E-state index is 0.239. The van der Waals surface area contributed by atoms with Gasteiger partial charge in [-0.05, 0) is 35.7 Å². The number of hydrogen-bond donors (Lipinski definition) is 1. The van der Waals surface area contributed by atoms with E-state index in [1.54, 1.807) is 19.2 Å². The Bertz CT molecular complexity index is 744. The number of halogens is 1. The minimum Gasteiger partial charge on any atom is -0.497 e. The van der Waals surface area contributed by atoms with Crippen LogP contribution >= 0.6 is 11.6 Å². The Kier molecular flexibility index (Phi) is 7.16. The number of hydrogen-bond acceptors (Lipinski definition) is 4. The van der Waals surface area contributed by atoms with Gasteiger partial charge in [-0.15, -0.1) is 0 Å². The number of benzene rings is 2. The van der Waals surface area contributed by atoms with Gasteiger partial charge in [-0.3, -0.25) is 4.79 Å². The van der Waals surface area contributed by atoms with Crippen molar-refractivity contribution in [1.82, 2.24) is 5.32 Å². The Balaban J connectivity index is 2.08. The van der Waals surface area contributed by atoms with Gasteiger partial charge in [0.25, 0.3) is 5.91 Å². The van der Waals surface area contributed by atoms with Crippen LogP contribution < -0.4 is 19.5 Å². The first-order chi connectivity index (χ1) is 12.4. The molecule has 0 spiro atoms. The van der Waals surface area contributed by atoms with Crippen molar-refractivity contribution in [2.45, 2.75) is 20.4 Å². The molecule has 0 radical (unpaired) electrons. The molecular weight excluding hydrogens is 354 g/mol. The van der Waals surface area contributed by atoms with E-state index >= 15 is 0 Å². The van der Waals surface area contributed by atoms with Crippen molar-refractivity contribution in [3.63, 3.8) is 0 Å². The summed E-state index contributed by atoms with van der Waals surface area (Å²) in [5.74, 6) is 1.77. The zero-order chi connectivity index (χ0) is 19.1. The summed E-state index contributed by atoms with van der Waals surface area (Å²) in [7, 11) is 3.13. The lowest BCUT2D eigenvalue weighted by molar-refractivity contribution is 0.0950. The molecule has 0 bridgehead atoms. The van der Waals surface area contributed by atoms with E-state index in [1.165, 1.54) is 7.11 Å². The average molecular weight is 378 g/mol. The van der Waals surface area contributed by atoms with Gasteiger partial charge in [-0.2, -0.15) is 0 Å². The smallest absolute Gasteiger partial charge is 0.251 e. The van der Waals surface area contributed by atoms with Crippen LogP contribution in [-0.2, 0) is 6.54 Å². The van der Waals surface area contributed by atoms with E-state index < -0.39 is 0 Å². The molecule has 5 nitrogen and oxygen atoms in total. The van der Waals surface area contributed by atoms with E-state index in [1.807, 2.05) is 38.1 Å². The third-order valence-electron chi connectivity index (χ3n) is 3.66. The van der Waals surface area contributed by atoms with E-state index in [4.69, 9.17) is 25.8 Å². The number of carbonyl (C=O) groups excluding carboxylic acids is 1. The molecule has 2 aromatic rings. The summed E-state index contributed by atoms with van der Waals surface area (Å²) < 4.78 is 16.2. The predicted octanol–water partition coefficient (Wildman–Crippen LogP) is 4.32. The highest BCUT2D eigenvalue weighted by Gasteiger charge is 2.16. The molecular formula is C20H24ClNO4. The Morgan fingerprint density at radius 3 is 2.38 bits per heavy atom. The quantitative estimate of drug-likeness (QED) is 0.744. The fourth-order valence-electron chi connectivity index (χ4n) is 2.27. The summed E-state index contributed by atoms with van der Waals surface area (Å²) in [6, 6.07) is 10.7. The number of amides is 1. The molecule has 0 heterocycles. The number of nitrogens with one attached hydrogen (secondary N) is 1. The van der Waals surface area contributed by atoms with Gasteiger partial charge in [0.1, 0.15) is 5.75 Å². The Hall–Kier alpha value is -2.40. The fourth-order valence-corrected chi connectivity index (χ4v) is 2.53. The van der Waals surface area contributed by atoms with Crippen LogP contribution in [0.25, 0.3) is 0 Å². The molecule has 1 amide bonds. The van der Waals surface area contributed by atoms with Crippen LogP contribution in [-0.4, -0.2) is 26.7 Å². The molecule has 6 heteroatoms. The summed E-state index contributed by atoms with van der Waals surface area (Å²) in [5.41, 5.74) is 1.38. The van der Waals surface area contributed by atoms with Crippen molar-refractivity contribution in [2.24, 2.45) is 5.92 Å². The van der Waals surface area contributed by atoms with Crippen LogP contribution in [0, 0.1) is 5.92 Å². The minimum atomic E-state index is -0.239. The number of ether oxygens (including phenoxy) is 3. The van der Waals surface area contributed by atoms with Gasteiger partial charge in [0.05, 0.1) is 25.8 Å². The highest BCUT2D eigenvalue weighted by Crippen LogP contribution is 2.36. The molecule has 0 fully saturated rings. The largest absolute Gasteiger partial charge is 0.497 e. The van der Waals surface area contributed by atoms with Crippen molar-refractivity contribution in [1.29, 1.82) is 0 Å². The van der Waals surface area contributed by atoms with Gasteiger partial charge in [0.15, 0.2) is 11.5 Å². The number of methoxy groups -OCH3 is 2. The van der Waals surface area contributed by atoms with Gasteiger partial charge >= 0.3 is 0 Å².